The highest BCUT2D eigenvalue weighted by molar-refractivity contribution is 6.07. The van der Waals surface area contributed by atoms with Crippen LogP contribution in [-0.2, 0) is 29.7 Å². The zero-order valence-electron chi connectivity index (χ0n) is 16.7. The predicted molar refractivity (Wildman–Crippen MR) is 111 cm³/mol. The number of nitrogens with zero attached hydrogens (tertiary/aromatic N) is 2. The fraction of sp³-hybridized carbons (Fsp3) is 0.292. The van der Waals surface area contributed by atoms with Crippen molar-refractivity contribution in [2.24, 2.45) is 0 Å². The predicted octanol–water partition coefficient (Wildman–Crippen LogP) is 4.00. The molecule has 29 heavy (non-hydrogen) atoms. The SMILES string of the molecule is Cc1cc(CN2C(=O)NC(C)(c3ccc4c(c3)CCC4)C2=O)c2ccccc2n1. The number of carbonyl (C=O) groups is 2. The van der Waals surface area contributed by atoms with Crippen LogP contribution in [0.4, 0.5) is 4.79 Å². The number of hydrogen-bond donors (Lipinski definition) is 1. The lowest BCUT2D eigenvalue weighted by Gasteiger charge is -2.23. The zero-order valence-corrected chi connectivity index (χ0v) is 16.7. The molecule has 5 nitrogen and oxygen atoms in total. The van der Waals surface area contributed by atoms with Gasteiger partial charge in [-0.25, -0.2) is 4.79 Å². The molecule has 0 bridgehead atoms. The van der Waals surface area contributed by atoms with Crippen LogP contribution in [0.25, 0.3) is 10.9 Å². The molecule has 1 unspecified atom stereocenters. The Morgan fingerprint density at radius 1 is 1.07 bits per heavy atom. The van der Waals surface area contributed by atoms with Crippen LogP contribution in [0.5, 0.6) is 0 Å². The van der Waals surface area contributed by atoms with Crippen molar-refractivity contribution in [3.63, 3.8) is 0 Å². The van der Waals surface area contributed by atoms with Gasteiger partial charge in [-0.3, -0.25) is 14.7 Å². The fourth-order valence-corrected chi connectivity index (χ4v) is 4.62. The average molecular weight is 385 g/mol. The molecule has 146 valence electrons. The number of pyridine rings is 1. The Bertz CT molecular complexity index is 1170. The number of nitrogens with one attached hydrogen (secondary N) is 1. The summed E-state index contributed by atoms with van der Waals surface area (Å²) in [7, 11) is 0. The van der Waals surface area contributed by atoms with Gasteiger partial charge in [0.1, 0.15) is 5.54 Å². The highest BCUT2D eigenvalue weighted by Gasteiger charge is 2.49. The third kappa shape index (κ3) is 2.80. The van der Waals surface area contributed by atoms with Gasteiger partial charge in [-0.15, -0.1) is 0 Å². The van der Waals surface area contributed by atoms with Gasteiger partial charge >= 0.3 is 6.03 Å². The molecule has 1 aromatic heterocycles. The minimum Gasteiger partial charge on any atom is -0.319 e. The summed E-state index contributed by atoms with van der Waals surface area (Å²) < 4.78 is 0. The van der Waals surface area contributed by atoms with Gasteiger partial charge in [-0.2, -0.15) is 0 Å². The Kier molecular flexibility index (Phi) is 3.95. The number of hydrogen-bond acceptors (Lipinski definition) is 3. The summed E-state index contributed by atoms with van der Waals surface area (Å²) >= 11 is 0. The Morgan fingerprint density at radius 2 is 1.86 bits per heavy atom. The maximum Gasteiger partial charge on any atom is 0.325 e. The standard InChI is InChI=1S/C24H23N3O2/c1-15-12-18(20-8-3-4-9-21(20)25-15)14-27-22(28)24(2,26-23(27)29)19-11-10-16-6-5-7-17(16)13-19/h3-4,8-13H,5-7,14H2,1-2H3,(H,26,29). The second-order valence-corrected chi connectivity index (χ2v) is 8.22. The molecular weight excluding hydrogens is 362 g/mol. The van der Waals surface area contributed by atoms with Crippen molar-refractivity contribution in [2.75, 3.05) is 0 Å². The van der Waals surface area contributed by atoms with Crippen LogP contribution in [0, 0.1) is 6.92 Å². The number of imide groups is 1. The second-order valence-electron chi connectivity index (χ2n) is 8.22. The molecule has 1 N–H and O–H groups in total. The van der Waals surface area contributed by atoms with E-state index in [1.54, 1.807) is 6.92 Å². The van der Waals surface area contributed by atoms with Crippen LogP contribution in [0.2, 0.25) is 0 Å². The number of aryl methyl sites for hydroxylation is 3. The fourth-order valence-electron chi connectivity index (χ4n) is 4.62. The van der Waals surface area contributed by atoms with Crippen molar-refractivity contribution in [3.8, 4) is 0 Å². The van der Waals surface area contributed by atoms with Crippen molar-refractivity contribution in [1.82, 2.24) is 15.2 Å². The lowest BCUT2D eigenvalue weighted by atomic mass is 9.89. The van der Waals surface area contributed by atoms with Crippen LogP contribution in [0.1, 0.15) is 41.3 Å². The van der Waals surface area contributed by atoms with E-state index in [1.165, 1.54) is 16.0 Å². The van der Waals surface area contributed by atoms with Crippen LogP contribution >= 0.6 is 0 Å². The molecular formula is C24H23N3O2. The first kappa shape index (κ1) is 17.9. The van der Waals surface area contributed by atoms with E-state index in [-0.39, 0.29) is 18.5 Å². The Balaban J connectivity index is 1.50. The molecule has 2 aliphatic rings. The maximum absolute atomic E-state index is 13.4. The lowest BCUT2D eigenvalue weighted by Crippen LogP contribution is -2.41. The molecule has 3 amide bonds. The molecule has 1 atom stereocenters. The summed E-state index contributed by atoms with van der Waals surface area (Å²) in [6.07, 6.45) is 3.27. The van der Waals surface area contributed by atoms with E-state index in [9.17, 15) is 9.59 Å². The summed E-state index contributed by atoms with van der Waals surface area (Å²) in [5.74, 6) is -0.209. The molecule has 2 aromatic carbocycles. The second kappa shape index (κ2) is 6.41. The Morgan fingerprint density at radius 3 is 2.72 bits per heavy atom. The molecule has 0 saturated carbocycles. The average Bonchev–Trinajstić information content (AvgIpc) is 3.26. The first-order valence-corrected chi connectivity index (χ1v) is 10.1. The first-order chi connectivity index (χ1) is 14.0. The van der Waals surface area contributed by atoms with Gasteiger partial charge in [0.25, 0.3) is 5.91 Å². The Labute approximate surface area is 169 Å². The molecule has 3 aromatic rings. The van der Waals surface area contributed by atoms with Crippen molar-refractivity contribution in [1.29, 1.82) is 0 Å². The number of benzene rings is 2. The number of rotatable bonds is 3. The topological polar surface area (TPSA) is 62.3 Å². The van der Waals surface area contributed by atoms with Crippen molar-refractivity contribution in [2.45, 2.75) is 45.2 Å². The van der Waals surface area contributed by atoms with Crippen molar-refractivity contribution >= 4 is 22.8 Å². The van der Waals surface area contributed by atoms with Gasteiger partial charge in [0.2, 0.25) is 0 Å². The van der Waals surface area contributed by atoms with E-state index in [0.717, 1.165) is 47.0 Å². The minimum absolute atomic E-state index is 0.209. The van der Waals surface area contributed by atoms with Gasteiger partial charge in [-0.05, 0) is 67.5 Å². The molecule has 5 rings (SSSR count). The molecule has 0 radical (unpaired) electrons. The van der Waals surface area contributed by atoms with Gasteiger partial charge in [0, 0.05) is 11.1 Å². The number of amides is 3. The smallest absolute Gasteiger partial charge is 0.319 e. The zero-order chi connectivity index (χ0) is 20.2. The normalized spacial score (nSPS) is 21.0. The maximum atomic E-state index is 13.4. The molecule has 1 fully saturated rings. The quantitative estimate of drug-likeness (QED) is 0.693. The summed E-state index contributed by atoms with van der Waals surface area (Å²) in [4.78, 5) is 32.1. The molecule has 1 aliphatic heterocycles. The summed E-state index contributed by atoms with van der Waals surface area (Å²) in [5, 5.41) is 3.91. The van der Waals surface area contributed by atoms with Gasteiger partial charge < -0.3 is 5.32 Å². The van der Waals surface area contributed by atoms with E-state index >= 15 is 0 Å². The lowest BCUT2D eigenvalue weighted by molar-refractivity contribution is -0.131. The van der Waals surface area contributed by atoms with Crippen LogP contribution < -0.4 is 5.32 Å². The molecule has 1 aliphatic carbocycles. The van der Waals surface area contributed by atoms with Gasteiger partial charge in [0.15, 0.2) is 0 Å². The van der Waals surface area contributed by atoms with E-state index < -0.39 is 5.54 Å². The number of para-hydroxylation sites is 1. The highest BCUT2D eigenvalue weighted by Crippen LogP contribution is 2.33. The van der Waals surface area contributed by atoms with Gasteiger partial charge in [0.05, 0.1) is 12.1 Å². The number of fused-ring (bicyclic) bond motifs is 2. The molecule has 1 saturated heterocycles. The minimum atomic E-state index is -1.04. The van der Waals surface area contributed by atoms with E-state index in [2.05, 4.69) is 22.4 Å². The van der Waals surface area contributed by atoms with Crippen LogP contribution in [0.15, 0.2) is 48.5 Å². The monoisotopic (exact) mass is 385 g/mol. The molecule has 2 heterocycles. The van der Waals surface area contributed by atoms with Crippen LogP contribution in [-0.4, -0.2) is 21.8 Å². The third-order valence-corrected chi connectivity index (χ3v) is 6.21. The number of carbonyl (C=O) groups excluding carboxylic acids is 2. The molecule has 5 heteroatoms. The first-order valence-electron chi connectivity index (χ1n) is 10.1. The third-order valence-electron chi connectivity index (χ3n) is 6.21. The molecule has 0 spiro atoms. The van der Waals surface area contributed by atoms with Crippen molar-refractivity contribution in [3.05, 3.63) is 76.5 Å². The van der Waals surface area contributed by atoms with Crippen molar-refractivity contribution < 1.29 is 9.59 Å². The summed E-state index contributed by atoms with van der Waals surface area (Å²) in [6.45, 7) is 3.96. The number of urea groups is 1. The largest absolute Gasteiger partial charge is 0.325 e. The van der Waals surface area contributed by atoms with Gasteiger partial charge in [-0.1, -0.05) is 36.4 Å². The number of aromatic nitrogens is 1. The van der Waals surface area contributed by atoms with E-state index in [0.29, 0.717) is 0 Å². The Hall–Kier alpha value is -3.21. The van der Waals surface area contributed by atoms with E-state index in [4.69, 9.17) is 0 Å². The summed E-state index contributed by atoms with van der Waals surface area (Å²) in [6, 6.07) is 15.6. The summed E-state index contributed by atoms with van der Waals surface area (Å²) in [5.41, 5.74) is 5.13. The highest BCUT2D eigenvalue weighted by atomic mass is 16.2. The van der Waals surface area contributed by atoms with Crippen LogP contribution in [0.3, 0.4) is 0 Å². The van der Waals surface area contributed by atoms with E-state index in [1.807, 2.05) is 43.3 Å².